The van der Waals surface area contributed by atoms with Gasteiger partial charge in [0, 0.05) is 30.6 Å². The first kappa shape index (κ1) is 12.4. The van der Waals surface area contributed by atoms with Crippen LogP contribution >= 0.6 is 0 Å². The van der Waals surface area contributed by atoms with Crippen LogP contribution in [0, 0.1) is 6.92 Å². The van der Waals surface area contributed by atoms with Gasteiger partial charge in [-0.05, 0) is 29.7 Å². The van der Waals surface area contributed by atoms with Crippen LogP contribution in [0.15, 0.2) is 30.7 Å². The topological polar surface area (TPSA) is 51.8 Å². The lowest BCUT2D eigenvalue weighted by Gasteiger charge is -2.11. The molecular formula is C13H13F2N3. The fraction of sp³-hybridized carbons (Fsp3) is 0.231. The van der Waals surface area contributed by atoms with Gasteiger partial charge in [0.2, 0.25) is 0 Å². The molecule has 0 saturated carbocycles. The second kappa shape index (κ2) is 5.08. The summed E-state index contributed by atoms with van der Waals surface area (Å²) in [6.45, 7) is 1.64. The van der Waals surface area contributed by atoms with Crippen LogP contribution in [0.25, 0.3) is 0 Å². The maximum Gasteiger partial charge on any atom is 0.264 e. The number of nitrogens with two attached hydrogens (primary N) is 1. The van der Waals surface area contributed by atoms with E-state index in [9.17, 15) is 8.78 Å². The molecule has 0 aliphatic heterocycles. The van der Waals surface area contributed by atoms with Crippen molar-refractivity contribution in [2.75, 3.05) is 5.73 Å². The van der Waals surface area contributed by atoms with Gasteiger partial charge in [0.25, 0.3) is 6.43 Å². The van der Waals surface area contributed by atoms with E-state index in [2.05, 4.69) is 9.97 Å². The summed E-state index contributed by atoms with van der Waals surface area (Å²) in [6, 6.07) is 3.43. The minimum atomic E-state index is -2.50. The van der Waals surface area contributed by atoms with Gasteiger partial charge in [-0.25, -0.2) is 13.8 Å². The molecule has 2 aromatic rings. The number of hydrogen-bond acceptors (Lipinski definition) is 3. The minimum Gasteiger partial charge on any atom is -0.384 e. The van der Waals surface area contributed by atoms with Crippen LogP contribution < -0.4 is 5.73 Å². The summed E-state index contributed by atoms with van der Waals surface area (Å²) in [5.74, 6) is 0.412. The SMILES string of the molecule is Cc1cncc(Cc2ccc(N)nc2)c1C(F)F. The van der Waals surface area contributed by atoms with Crippen LogP contribution in [-0.2, 0) is 6.42 Å². The number of aromatic nitrogens is 2. The Morgan fingerprint density at radius 2 is 2.00 bits per heavy atom. The van der Waals surface area contributed by atoms with E-state index in [1.54, 1.807) is 25.3 Å². The van der Waals surface area contributed by atoms with Gasteiger partial charge >= 0.3 is 0 Å². The third-order valence-corrected chi connectivity index (χ3v) is 2.73. The lowest BCUT2D eigenvalue weighted by molar-refractivity contribution is 0.149. The Bertz CT molecular complexity index is 538. The van der Waals surface area contributed by atoms with Crippen LogP contribution in [0.5, 0.6) is 0 Å². The Morgan fingerprint density at radius 1 is 1.22 bits per heavy atom. The van der Waals surface area contributed by atoms with Crippen molar-refractivity contribution >= 4 is 5.82 Å². The molecule has 2 rings (SSSR count). The highest BCUT2D eigenvalue weighted by atomic mass is 19.3. The molecular weight excluding hydrogens is 236 g/mol. The Hall–Kier alpha value is -2.04. The van der Waals surface area contributed by atoms with E-state index in [0.29, 0.717) is 23.4 Å². The summed E-state index contributed by atoms with van der Waals surface area (Å²) >= 11 is 0. The fourth-order valence-electron chi connectivity index (χ4n) is 1.84. The number of anilines is 1. The van der Waals surface area contributed by atoms with Crippen molar-refractivity contribution in [1.82, 2.24) is 9.97 Å². The highest BCUT2D eigenvalue weighted by Crippen LogP contribution is 2.27. The molecule has 0 fully saturated rings. The zero-order valence-electron chi connectivity index (χ0n) is 9.90. The summed E-state index contributed by atoms with van der Waals surface area (Å²) in [4.78, 5) is 7.90. The number of rotatable bonds is 3. The number of halogens is 2. The van der Waals surface area contributed by atoms with Crippen molar-refractivity contribution in [3.8, 4) is 0 Å². The van der Waals surface area contributed by atoms with Crippen molar-refractivity contribution in [1.29, 1.82) is 0 Å². The maximum atomic E-state index is 13.0. The Kier molecular flexibility index (Phi) is 3.50. The molecule has 18 heavy (non-hydrogen) atoms. The maximum absolute atomic E-state index is 13.0. The average molecular weight is 249 g/mol. The summed E-state index contributed by atoms with van der Waals surface area (Å²) in [7, 11) is 0. The minimum absolute atomic E-state index is 0.0572. The molecule has 2 aromatic heterocycles. The molecule has 0 atom stereocenters. The Labute approximate surface area is 104 Å². The summed E-state index contributed by atoms with van der Waals surface area (Å²) in [6.07, 6.45) is 2.40. The molecule has 0 unspecified atom stereocenters. The van der Waals surface area contributed by atoms with Gasteiger partial charge in [-0.3, -0.25) is 4.98 Å². The smallest absolute Gasteiger partial charge is 0.264 e. The van der Waals surface area contributed by atoms with Crippen molar-refractivity contribution in [2.24, 2.45) is 0 Å². The van der Waals surface area contributed by atoms with Gasteiger partial charge < -0.3 is 5.73 Å². The molecule has 0 radical (unpaired) electrons. The van der Waals surface area contributed by atoms with Crippen LogP contribution in [0.3, 0.4) is 0 Å². The van der Waals surface area contributed by atoms with Crippen LogP contribution in [-0.4, -0.2) is 9.97 Å². The van der Waals surface area contributed by atoms with E-state index in [1.165, 1.54) is 12.4 Å². The quantitative estimate of drug-likeness (QED) is 0.909. The number of nitrogen functional groups attached to an aromatic ring is 1. The van der Waals surface area contributed by atoms with E-state index >= 15 is 0 Å². The van der Waals surface area contributed by atoms with Crippen LogP contribution in [0.4, 0.5) is 14.6 Å². The van der Waals surface area contributed by atoms with Gasteiger partial charge in [-0.15, -0.1) is 0 Å². The summed E-state index contributed by atoms with van der Waals surface area (Å²) in [5.41, 5.74) is 7.40. The molecule has 94 valence electrons. The lowest BCUT2D eigenvalue weighted by atomic mass is 10.00. The van der Waals surface area contributed by atoms with Crippen molar-refractivity contribution in [3.05, 3.63) is 53.0 Å². The van der Waals surface area contributed by atoms with Gasteiger partial charge in [0.15, 0.2) is 0 Å². The highest BCUT2D eigenvalue weighted by molar-refractivity contribution is 5.37. The van der Waals surface area contributed by atoms with E-state index in [0.717, 1.165) is 5.56 Å². The number of aryl methyl sites for hydroxylation is 1. The standard InChI is InChI=1S/C13H13F2N3/c1-8-5-17-7-10(12(8)13(14)15)4-9-2-3-11(16)18-6-9/h2-3,5-7,13H,4H2,1H3,(H2,16,18). The normalized spacial score (nSPS) is 10.9. The predicted molar refractivity (Wildman–Crippen MR) is 65.4 cm³/mol. The summed E-state index contributed by atoms with van der Waals surface area (Å²) < 4.78 is 26.0. The highest BCUT2D eigenvalue weighted by Gasteiger charge is 2.16. The van der Waals surface area contributed by atoms with E-state index < -0.39 is 6.43 Å². The average Bonchev–Trinajstić information content (AvgIpc) is 2.32. The molecule has 5 heteroatoms. The van der Waals surface area contributed by atoms with E-state index in [-0.39, 0.29) is 5.56 Å². The second-order valence-electron chi connectivity index (χ2n) is 4.10. The molecule has 2 N–H and O–H groups in total. The van der Waals surface area contributed by atoms with Crippen molar-refractivity contribution < 1.29 is 8.78 Å². The van der Waals surface area contributed by atoms with Gasteiger partial charge in [0.05, 0.1) is 0 Å². The summed E-state index contributed by atoms with van der Waals surface area (Å²) in [5, 5.41) is 0. The second-order valence-corrected chi connectivity index (χ2v) is 4.10. The zero-order valence-corrected chi connectivity index (χ0v) is 9.90. The zero-order chi connectivity index (χ0) is 13.1. The molecule has 0 saturated heterocycles. The first-order valence-corrected chi connectivity index (χ1v) is 5.50. The first-order valence-electron chi connectivity index (χ1n) is 5.50. The molecule has 0 aromatic carbocycles. The number of hydrogen-bond donors (Lipinski definition) is 1. The molecule has 2 heterocycles. The fourth-order valence-corrected chi connectivity index (χ4v) is 1.84. The molecule has 0 aliphatic carbocycles. The molecule has 0 bridgehead atoms. The van der Waals surface area contributed by atoms with Crippen molar-refractivity contribution in [3.63, 3.8) is 0 Å². The third-order valence-electron chi connectivity index (χ3n) is 2.73. The molecule has 0 spiro atoms. The molecule has 3 nitrogen and oxygen atoms in total. The van der Waals surface area contributed by atoms with Gasteiger partial charge in [-0.2, -0.15) is 0 Å². The van der Waals surface area contributed by atoms with Crippen LogP contribution in [0.1, 0.15) is 28.7 Å². The van der Waals surface area contributed by atoms with Gasteiger partial charge in [-0.1, -0.05) is 6.07 Å². The lowest BCUT2D eigenvalue weighted by Crippen LogP contribution is -2.01. The molecule has 0 aliphatic rings. The van der Waals surface area contributed by atoms with Crippen molar-refractivity contribution in [2.45, 2.75) is 19.8 Å². The van der Waals surface area contributed by atoms with Gasteiger partial charge in [0.1, 0.15) is 5.82 Å². The monoisotopic (exact) mass is 249 g/mol. The third kappa shape index (κ3) is 2.61. The van der Waals surface area contributed by atoms with Crippen LogP contribution in [0.2, 0.25) is 0 Å². The Balaban J connectivity index is 2.34. The van der Waals surface area contributed by atoms with E-state index in [1.807, 2.05) is 0 Å². The van der Waals surface area contributed by atoms with E-state index in [4.69, 9.17) is 5.73 Å². The number of pyridine rings is 2. The number of nitrogens with zero attached hydrogens (tertiary/aromatic N) is 2. The number of alkyl halides is 2. The first-order chi connectivity index (χ1) is 8.58. The molecule has 0 amide bonds. The predicted octanol–water partition coefficient (Wildman–Crippen LogP) is 2.90. The Morgan fingerprint density at radius 3 is 2.61 bits per heavy atom. The largest absolute Gasteiger partial charge is 0.384 e.